The molecule has 0 saturated heterocycles. The Labute approximate surface area is 186 Å². The van der Waals surface area contributed by atoms with Crippen LogP contribution in [0.2, 0.25) is 0 Å². The van der Waals surface area contributed by atoms with E-state index in [2.05, 4.69) is 30.0 Å². The van der Waals surface area contributed by atoms with E-state index >= 15 is 0 Å². The lowest BCUT2D eigenvalue weighted by molar-refractivity contribution is 0.0498. The van der Waals surface area contributed by atoms with Crippen LogP contribution in [-0.2, 0) is 6.42 Å². The van der Waals surface area contributed by atoms with Gasteiger partial charge in [-0.2, -0.15) is 5.10 Å². The van der Waals surface area contributed by atoms with E-state index in [0.717, 1.165) is 33.1 Å². The molecule has 0 bridgehead atoms. The normalized spacial score (nSPS) is 13.0. The van der Waals surface area contributed by atoms with Gasteiger partial charge in [0.05, 0.1) is 29.0 Å². The molecule has 0 fully saturated rings. The number of rotatable bonds is 5. The van der Waals surface area contributed by atoms with E-state index in [4.69, 9.17) is 0 Å². The number of aliphatic hydroxyl groups is 1. The highest BCUT2D eigenvalue weighted by atomic mass is 19.1. The Bertz CT molecular complexity index is 1400. The molecule has 5 rings (SSSR count). The maximum absolute atomic E-state index is 13.3. The summed E-state index contributed by atoms with van der Waals surface area (Å²) in [5, 5.41) is 17.8. The van der Waals surface area contributed by atoms with E-state index in [1.54, 1.807) is 23.0 Å². The summed E-state index contributed by atoms with van der Waals surface area (Å²) in [5.41, 5.74) is 4.28. The molecule has 0 amide bonds. The molecule has 3 aromatic carbocycles. The van der Waals surface area contributed by atoms with Crippen molar-refractivity contribution in [1.29, 1.82) is 0 Å². The van der Waals surface area contributed by atoms with Gasteiger partial charge in [0.25, 0.3) is 0 Å². The van der Waals surface area contributed by atoms with Crippen molar-refractivity contribution in [2.24, 2.45) is 5.41 Å². The first kappa shape index (κ1) is 20.3. The van der Waals surface area contributed by atoms with E-state index in [0.29, 0.717) is 6.42 Å². The second-order valence-electron chi connectivity index (χ2n) is 8.91. The van der Waals surface area contributed by atoms with Crippen molar-refractivity contribution in [3.8, 4) is 5.69 Å². The molecule has 0 saturated carbocycles. The molecule has 2 heterocycles. The van der Waals surface area contributed by atoms with Gasteiger partial charge in [0, 0.05) is 17.0 Å². The molecule has 0 aliphatic carbocycles. The zero-order valence-corrected chi connectivity index (χ0v) is 18.0. The third-order valence-electron chi connectivity index (χ3n) is 6.10. The smallest absolute Gasteiger partial charge is 0.123 e. The fraction of sp³-hybridized carbons (Fsp3) is 0.185. The van der Waals surface area contributed by atoms with Gasteiger partial charge in [0.2, 0.25) is 0 Å². The number of fused-ring (bicyclic) bond motifs is 2. The molecule has 0 radical (unpaired) electrons. The van der Waals surface area contributed by atoms with Crippen molar-refractivity contribution in [3.05, 3.63) is 102 Å². The largest absolute Gasteiger partial charge is 0.388 e. The lowest BCUT2D eigenvalue weighted by atomic mass is 9.77. The van der Waals surface area contributed by atoms with Gasteiger partial charge in [0.1, 0.15) is 5.82 Å². The zero-order valence-electron chi connectivity index (χ0n) is 18.0. The van der Waals surface area contributed by atoms with Crippen molar-refractivity contribution in [3.63, 3.8) is 0 Å². The van der Waals surface area contributed by atoms with E-state index in [-0.39, 0.29) is 5.82 Å². The second-order valence-corrected chi connectivity index (χ2v) is 8.91. The quantitative estimate of drug-likeness (QED) is 0.375. The van der Waals surface area contributed by atoms with Gasteiger partial charge in [-0.1, -0.05) is 38.1 Å². The first-order valence-corrected chi connectivity index (χ1v) is 10.7. The lowest BCUT2D eigenvalue weighted by Crippen LogP contribution is -2.25. The Morgan fingerprint density at radius 1 is 1.00 bits per heavy atom. The summed E-state index contributed by atoms with van der Waals surface area (Å²) in [6, 6.07) is 22.3. The van der Waals surface area contributed by atoms with Crippen LogP contribution >= 0.6 is 0 Å². The Morgan fingerprint density at radius 2 is 1.78 bits per heavy atom. The Kier molecular flexibility index (Phi) is 4.98. The topological polar surface area (TPSA) is 50.9 Å². The first-order valence-electron chi connectivity index (χ1n) is 10.7. The van der Waals surface area contributed by atoms with Crippen molar-refractivity contribution < 1.29 is 9.50 Å². The molecule has 0 aliphatic rings. The first-order chi connectivity index (χ1) is 15.4. The number of hydrogen-bond donors (Lipinski definition) is 1. The van der Waals surface area contributed by atoms with E-state index < -0.39 is 11.5 Å². The van der Waals surface area contributed by atoms with Crippen molar-refractivity contribution >= 4 is 21.8 Å². The number of aliphatic hydroxyl groups excluding tert-OH is 1. The number of benzene rings is 3. The van der Waals surface area contributed by atoms with E-state index in [9.17, 15) is 9.50 Å². The molecule has 1 N–H and O–H groups in total. The van der Waals surface area contributed by atoms with Crippen LogP contribution in [0.25, 0.3) is 27.5 Å². The van der Waals surface area contributed by atoms with Gasteiger partial charge in [-0.25, -0.2) is 9.07 Å². The van der Waals surface area contributed by atoms with Crippen LogP contribution in [-0.4, -0.2) is 19.9 Å². The van der Waals surface area contributed by atoms with E-state index in [1.165, 1.54) is 17.7 Å². The monoisotopic (exact) mass is 425 g/mol. The van der Waals surface area contributed by atoms with Gasteiger partial charge in [-0.3, -0.25) is 4.98 Å². The highest BCUT2D eigenvalue weighted by molar-refractivity contribution is 5.82. The average Bonchev–Trinajstić information content (AvgIpc) is 3.22. The van der Waals surface area contributed by atoms with Crippen LogP contribution in [0, 0.1) is 11.2 Å². The van der Waals surface area contributed by atoms with Gasteiger partial charge in [-0.15, -0.1) is 0 Å². The molecule has 32 heavy (non-hydrogen) atoms. The number of pyridine rings is 1. The molecule has 0 aliphatic heterocycles. The third kappa shape index (κ3) is 3.65. The summed E-state index contributed by atoms with van der Waals surface area (Å²) < 4.78 is 15.1. The summed E-state index contributed by atoms with van der Waals surface area (Å²) in [6.45, 7) is 4.16. The van der Waals surface area contributed by atoms with Crippen LogP contribution in [0.15, 0.2) is 85.2 Å². The highest BCUT2D eigenvalue weighted by Gasteiger charge is 2.30. The molecule has 4 nitrogen and oxygen atoms in total. The summed E-state index contributed by atoms with van der Waals surface area (Å²) in [6.07, 6.45) is 3.66. The highest BCUT2D eigenvalue weighted by Crippen LogP contribution is 2.38. The van der Waals surface area contributed by atoms with Crippen molar-refractivity contribution in [1.82, 2.24) is 14.8 Å². The molecule has 1 unspecified atom stereocenters. The van der Waals surface area contributed by atoms with Gasteiger partial charge in [-0.05, 0) is 71.5 Å². The molecular weight excluding hydrogens is 401 g/mol. The van der Waals surface area contributed by atoms with Crippen LogP contribution in [0.3, 0.4) is 0 Å². The molecule has 0 spiro atoms. The van der Waals surface area contributed by atoms with Gasteiger partial charge in [0.15, 0.2) is 0 Å². The third-order valence-corrected chi connectivity index (χ3v) is 6.10. The van der Waals surface area contributed by atoms with Crippen LogP contribution in [0.1, 0.15) is 31.1 Å². The average molecular weight is 426 g/mol. The Morgan fingerprint density at radius 3 is 2.59 bits per heavy atom. The van der Waals surface area contributed by atoms with Crippen LogP contribution in [0.4, 0.5) is 4.39 Å². The molecule has 5 heteroatoms. The number of halogens is 1. The predicted molar refractivity (Wildman–Crippen MR) is 125 cm³/mol. The maximum atomic E-state index is 13.3. The molecule has 160 valence electrons. The van der Waals surface area contributed by atoms with Gasteiger partial charge < -0.3 is 5.11 Å². The number of hydrogen-bond acceptors (Lipinski definition) is 3. The molecule has 1 atom stereocenters. The Hall–Kier alpha value is -3.57. The molecular formula is C27H24FN3O. The van der Waals surface area contributed by atoms with Gasteiger partial charge >= 0.3 is 0 Å². The number of nitrogens with zero attached hydrogens (tertiary/aromatic N) is 3. The van der Waals surface area contributed by atoms with Crippen molar-refractivity contribution in [2.45, 2.75) is 26.4 Å². The summed E-state index contributed by atoms with van der Waals surface area (Å²) >= 11 is 0. The van der Waals surface area contributed by atoms with Crippen LogP contribution in [0.5, 0.6) is 0 Å². The fourth-order valence-electron chi connectivity index (χ4n) is 4.36. The number of aromatic nitrogens is 3. The fourth-order valence-corrected chi connectivity index (χ4v) is 4.36. The summed E-state index contributed by atoms with van der Waals surface area (Å²) in [5.74, 6) is -0.278. The Balaban J connectivity index is 1.45. The lowest BCUT2D eigenvalue weighted by Gasteiger charge is -2.31. The SMILES string of the molecule is CC(C)(Cc1ccnc2ccccc12)C(O)c1ccc2c(cnn2-c2ccc(F)cc2)c1. The molecule has 2 aromatic heterocycles. The molecule has 5 aromatic rings. The van der Waals surface area contributed by atoms with Crippen LogP contribution < -0.4 is 0 Å². The van der Waals surface area contributed by atoms with Crippen molar-refractivity contribution in [2.75, 3.05) is 0 Å². The maximum Gasteiger partial charge on any atom is 0.123 e. The minimum absolute atomic E-state index is 0.278. The number of para-hydroxylation sites is 1. The summed E-state index contributed by atoms with van der Waals surface area (Å²) in [7, 11) is 0. The zero-order chi connectivity index (χ0) is 22.3. The van der Waals surface area contributed by atoms with E-state index in [1.807, 2.05) is 48.7 Å². The minimum atomic E-state index is -0.659. The standard InChI is InChI=1S/C27H24FN3O/c1-27(2,16-19-13-14-29-24-6-4-3-5-23(19)24)26(32)18-7-12-25-20(15-18)17-30-31(25)22-10-8-21(28)9-11-22/h3-15,17,26,32H,16H2,1-2H3. The minimum Gasteiger partial charge on any atom is -0.388 e. The predicted octanol–water partition coefficient (Wildman–Crippen LogP) is 6.02. The second kappa shape index (κ2) is 7.84. The summed E-state index contributed by atoms with van der Waals surface area (Å²) in [4.78, 5) is 4.45.